The predicted octanol–water partition coefficient (Wildman–Crippen LogP) is 4.86. The van der Waals surface area contributed by atoms with Crippen molar-refractivity contribution in [1.82, 2.24) is 9.78 Å². The molecule has 128 valence electrons. The van der Waals surface area contributed by atoms with Crippen LogP contribution < -0.4 is 5.32 Å². The third-order valence-electron chi connectivity index (χ3n) is 4.47. The molecule has 1 N–H and O–H groups in total. The number of hydrogen-bond donors (Lipinski definition) is 1. The van der Waals surface area contributed by atoms with E-state index in [9.17, 15) is 4.79 Å². The van der Waals surface area contributed by atoms with Gasteiger partial charge in [-0.2, -0.15) is 16.9 Å². The molecule has 4 rings (SSSR count). The van der Waals surface area contributed by atoms with Crippen LogP contribution in [0, 0.1) is 20.8 Å². The first-order chi connectivity index (χ1) is 12.0. The zero-order chi connectivity index (χ0) is 17.6. The Morgan fingerprint density at radius 3 is 2.72 bits per heavy atom. The highest BCUT2D eigenvalue weighted by Gasteiger charge is 2.25. The number of amides is 1. The van der Waals surface area contributed by atoms with Crippen LogP contribution in [0.5, 0.6) is 0 Å². The van der Waals surface area contributed by atoms with Gasteiger partial charge in [-0.15, -0.1) is 11.3 Å². The Morgan fingerprint density at radius 2 is 2.00 bits per heavy atom. The molecule has 0 saturated heterocycles. The lowest BCUT2D eigenvalue weighted by Crippen LogP contribution is -2.15. The molecule has 1 amide bonds. The first kappa shape index (κ1) is 16.4. The van der Waals surface area contributed by atoms with E-state index in [0.29, 0.717) is 0 Å². The van der Waals surface area contributed by atoms with E-state index in [4.69, 9.17) is 5.10 Å². The van der Waals surface area contributed by atoms with E-state index in [1.54, 1.807) is 0 Å². The number of hydrogen-bond acceptors (Lipinski definition) is 4. The van der Waals surface area contributed by atoms with Gasteiger partial charge in [-0.1, -0.05) is 6.07 Å². The molecule has 1 aliphatic heterocycles. The molecule has 0 bridgehead atoms. The molecule has 0 radical (unpaired) electrons. The summed E-state index contributed by atoms with van der Waals surface area (Å²) in [5.74, 6) is 2.52. The molecule has 0 unspecified atom stereocenters. The second-order valence-electron chi connectivity index (χ2n) is 6.39. The maximum Gasteiger partial charge on any atom is 0.266 e. The number of aryl methyl sites for hydroxylation is 3. The van der Waals surface area contributed by atoms with Gasteiger partial charge in [0.25, 0.3) is 5.91 Å². The molecular formula is C19H19N3OS2. The smallest absolute Gasteiger partial charge is 0.266 e. The van der Waals surface area contributed by atoms with Crippen molar-refractivity contribution in [2.45, 2.75) is 32.3 Å². The normalized spacial score (nSPS) is 13.1. The highest BCUT2D eigenvalue weighted by molar-refractivity contribution is 7.98. The van der Waals surface area contributed by atoms with Crippen LogP contribution in [-0.4, -0.2) is 15.7 Å². The number of nitrogens with one attached hydrogen (secondary N) is 1. The quantitative estimate of drug-likeness (QED) is 0.717. The van der Waals surface area contributed by atoms with Crippen molar-refractivity contribution in [1.29, 1.82) is 0 Å². The van der Waals surface area contributed by atoms with E-state index in [0.717, 1.165) is 44.7 Å². The number of carbonyl (C=O) groups is 1. The number of thiophene rings is 1. The molecule has 0 saturated carbocycles. The summed E-state index contributed by atoms with van der Waals surface area (Å²) in [7, 11) is 0. The summed E-state index contributed by atoms with van der Waals surface area (Å²) < 4.78 is 1.88. The van der Waals surface area contributed by atoms with Gasteiger partial charge in [-0.3, -0.25) is 4.79 Å². The second kappa shape index (κ2) is 6.35. The average Bonchev–Trinajstić information content (AvgIpc) is 3.27. The Labute approximate surface area is 155 Å². The van der Waals surface area contributed by atoms with E-state index in [1.165, 1.54) is 22.5 Å². The average molecular weight is 370 g/mol. The van der Waals surface area contributed by atoms with Gasteiger partial charge < -0.3 is 5.32 Å². The van der Waals surface area contributed by atoms with Crippen molar-refractivity contribution in [2.75, 3.05) is 5.32 Å². The second-order valence-corrected chi connectivity index (χ2v) is 8.29. The van der Waals surface area contributed by atoms with Crippen LogP contribution in [0.1, 0.15) is 37.6 Å². The number of carbonyl (C=O) groups excluding carboxylic acids is 1. The highest BCUT2D eigenvalue weighted by Crippen LogP contribution is 2.36. The molecule has 4 nitrogen and oxygen atoms in total. The van der Waals surface area contributed by atoms with Crippen LogP contribution in [0.25, 0.3) is 5.69 Å². The Hall–Kier alpha value is -2.05. The van der Waals surface area contributed by atoms with E-state index in [1.807, 2.05) is 34.8 Å². The fraction of sp³-hybridized carbons (Fsp3) is 0.263. The van der Waals surface area contributed by atoms with Crippen LogP contribution >= 0.6 is 23.1 Å². The van der Waals surface area contributed by atoms with Crippen LogP contribution in [0.2, 0.25) is 0 Å². The maximum atomic E-state index is 12.7. The molecule has 1 aromatic carbocycles. The molecular weight excluding hydrogens is 350 g/mol. The highest BCUT2D eigenvalue weighted by atomic mass is 32.2. The SMILES string of the molecule is Cc1csc(C(=O)Nc2c3c(nn2-c2ccc(C)c(C)c2)CSC3)c1. The number of aromatic nitrogens is 2. The summed E-state index contributed by atoms with van der Waals surface area (Å²) in [6.07, 6.45) is 0. The topological polar surface area (TPSA) is 46.9 Å². The minimum Gasteiger partial charge on any atom is -0.305 e. The standard InChI is InChI=1S/C19H19N3OS2/c1-11-6-17(25-8-11)19(23)20-18-15-9-24-10-16(15)21-22(18)14-5-4-12(2)13(3)7-14/h4-8H,9-10H2,1-3H3,(H,20,23). The minimum absolute atomic E-state index is 0.0669. The summed E-state index contributed by atoms with van der Waals surface area (Å²) in [6.45, 7) is 6.19. The van der Waals surface area contributed by atoms with Gasteiger partial charge in [0, 0.05) is 17.1 Å². The lowest BCUT2D eigenvalue weighted by atomic mass is 10.1. The summed E-state index contributed by atoms with van der Waals surface area (Å²) in [6, 6.07) is 8.20. The van der Waals surface area contributed by atoms with Crippen molar-refractivity contribution >= 4 is 34.8 Å². The fourth-order valence-electron chi connectivity index (χ4n) is 2.91. The number of rotatable bonds is 3. The van der Waals surface area contributed by atoms with Crippen LogP contribution in [0.3, 0.4) is 0 Å². The third kappa shape index (κ3) is 3.00. The van der Waals surface area contributed by atoms with Gasteiger partial charge >= 0.3 is 0 Å². The first-order valence-corrected chi connectivity index (χ1v) is 10.2. The van der Waals surface area contributed by atoms with Gasteiger partial charge in [0.05, 0.1) is 16.3 Å². The molecule has 6 heteroatoms. The molecule has 25 heavy (non-hydrogen) atoms. The molecule has 0 fully saturated rings. The summed E-state index contributed by atoms with van der Waals surface area (Å²) in [5.41, 5.74) is 6.77. The van der Waals surface area contributed by atoms with E-state index in [-0.39, 0.29) is 5.91 Å². The molecule has 3 heterocycles. The zero-order valence-corrected chi connectivity index (χ0v) is 16.1. The molecule has 1 aliphatic rings. The third-order valence-corrected chi connectivity index (χ3v) is 6.49. The number of anilines is 1. The van der Waals surface area contributed by atoms with Gasteiger partial charge in [-0.05, 0) is 61.0 Å². The Morgan fingerprint density at radius 1 is 1.16 bits per heavy atom. The predicted molar refractivity (Wildman–Crippen MR) is 105 cm³/mol. The maximum absolute atomic E-state index is 12.7. The van der Waals surface area contributed by atoms with Gasteiger partial charge in [-0.25, -0.2) is 4.68 Å². The lowest BCUT2D eigenvalue weighted by molar-refractivity contribution is 0.102. The van der Waals surface area contributed by atoms with Crippen LogP contribution in [-0.2, 0) is 11.5 Å². The van der Waals surface area contributed by atoms with Crippen molar-refractivity contribution < 1.29 is 4.79 Å². The number of fused-ring (bicyclic) bond motifs is 1. The van der Waals surface area contributed by atoms with Crippen molar-refractivity contribution in [3.63, 3.8) is 0 Å². The van der Waals surface area contributed by atoms with Crippen LogP contribution in [0.15, 0.2) is 29.6 Å². The first-order valence-electron chi connectivity index (χ1n) is 8.15. The monoisotopic (exact) mass is 369 g/mol. The van der Waals surface area contributed by atoms with Gasteiger partial charge in [0.2, 0.25) is 0 Å². The molecule has 3 aromatic rings. The van der Waals surface area contributed by atoms with E-state index in [2.05, 4.69) is 37.4 Å². The van der Waals surface area contributed by atoms with Crippen molar-refractivity contribution in [3.8, 4) is 5.69 Å². The van der Waals surface area contributed by atoms with Crippen molar-refractivity contribution in [3.05, 3.63) is 62.5 Å². The largest absolute Gasteiger partial charge is 0.305 e. The van der Waals surface area contributed by atoms with E-state index >= 15 is 0 Å². The Bertz CT molecular complexity index is 971. The Kier molecular flexibility index (Phi) is 4.17. The zero-order valence-electron chi connectivity index (χ0n) is 14.4. The summed E-state index contributed by atoms with van der Waals surface area (Å²) in [4.78, 5) is 13.4. The lowest BCUT2D eigenvalue weighted by Gasteiger charge is -2.12. The number of benzene rings is 1. The fourth-order valence-corrected chi connectivity index (χ4v) is 4.73. The van der Waals surface area contributed by atoms with Gasteiger partial charge in [0.15, 0.2) is 0 Å². The number of nitrogens with zero attached hydrogens (tertiary/aromatic N) is 2. The minimum atomic E-state index is -0.0669. The molecule has 0 aliphatic carbocycles. The van der Waals surface area contributed by atoms with Gasteiger partial charge in [0.1, 0.15) is 5.82 Å². The summed E-state index contributed by atoms with van der Waals surface area (Å²) in [5, 5.41) is 9.88. The molecule has 0 spiro atoms. The van der Waals surface area contributed by atoms with Crippen LogP contribution in [0.4, 0.5) is 5.82 Å². The molecule has 2 aromatic heterocycles. The van der Waals surface area contributed by atoms with E-state index < -0.39 is 0 Å². The summed E-state index contributed by atoms with van der Waals surface area (Å²) >= 11 is 3.31. The molecule has 0 atom stereocenters. The number of thioether (sulfide) groups is 1. The Balaban J connectivity index is 1.75. The van der Waals surface area contributed by atoms with Crippen molar-refractivity contribution in [2.24, 2.45) is 0 Å².